The monoisotopic (exact) mass is 327 g/mol. The Hall–Kier alpha value is -2.63. The third kappa shape index (κ3) is 3.64. The molecule has 6 nitrogen and oxygen atoms in total. The van der Waals surface area contributed by atoms with Crippen LogP contribution in [-0.4, -0.2) is 46.0 Å². The number of hydrogen-bond acceptors (Lipinski definition) is 4. The molecule has 3 rings (SSSR count). The third-order valence-corrected chi connectivity index (χ3v) is 4.33. The minimum absolute atomic E-state index is 0.00358. The van der Waals surface area contributed by atoms with Crippen molar-refractivity contribution in [3.05, 3.63) is 47.7 Å². The van der Waals surface area contributed by atoms with Crippen LogP contribution in [0.4, 0.5) is 5.82 Å². The number of rotatable bonds is 4. The number of pyridine rings is 1. The molecule has 2 N–H and O–H groups in total. The molecule has 0 spiro atoms. The fraction of sp³-hybridized carbons (Fsp3) is 0.389. The molecule has 0 bridgehead atoms. The van der Waals surface area contributed by atoms with E-state index < -0.39 is 5.97 Å². The summed E-state index contributed by atoms with van der Waals surface area (Å²) in [6.45, 7) is 1.29. The fourth-order valence-corrected chi connectivity index (χ4v) is 3.12. The maximum atomic E-state index is 12.6. The summed E-state index contributed by atoms with van der Waals surface area (Å²) >= 11 is 0. The van der Waals surface area contributed by atoms with E-state index in [-0.39, 0.29) is 17.5 Å². The maximum Gasteiger partial charge on any atom is 0.339 e. The molecule has 1 aromatic rings. The second kappa shape index (κ2) is 7.29. The van der Waals surface area contributed by atoms with E-state index in [0.29, 0.717) is 12.4 Å². The van der Waals surface area contributed by atoms with Crippen LogP contribution in [0, 0.1) is 0 Å². The van der Waals surface area contributed by atoms with Crippen LogP contribution in [0.1, 0.15) is 36.0 Å². The predicted octanol–water partition coefficient (Wildman–Crippen LogP) is 2.46. The summed E-state index contributed by atoms with van der Waals surface area (Å²) in [5.41, 5.74) is 0.907. The lowest BCUT2D eigenvalue weighted by Crippen LogP contribution is -2.45. The van der Waals surface area contributed by atoms with Crippen LogP contribution >= 0.6 is 0 Å². The molecule has 1 amide bonds. The van der Waals surface area contributed by atoms with E-state index in [9.17, 15) is 14.7 Å². The van der Waals surface area contributed by atoms with Crippen molar-refractivity contribution in [3.63, 3.8) is 0 Å². The summed E-state index contributed by atoms with van der Waals surface area (Å²) in [5, 5.41) is 12.4. The molecule has 1 aliphatic carbocycles. The van der Waals surface area contributed by atoms with Gasteiger partial charge in [0.25, 0.3) is 5.91 Å². The van der Waals surface area contributed by atoms with Crippen molar-refractivity contribution in [1.82, 2.24) is 9.88 Å². The molecule has 1 aromatic heterocycles. The number of nitrogens with zero attached hydrogens (tertiary/aromatic N) is 2. The zero-order valence-corrected chi connectivity index (χ0v) is 13.4. The predicted molar refractivity (Wildman–Crippen MR) is 90.9 cm³/mol. The van der Waals surface area contributed by atoms with Gasteiger partial charge in [-0.1, -0.05) is 18.2 Å². The van der Waals surface area contributed by atoms with Crippen molar-refractivity contribution in [1.29, 1.82) is 0 Å². The zero-order chi connectivity index (χ0) is 16.9. The number of likely N-dealkylation sites (tertiary alicyclic amines) is 1. The number of hydrogen-bond donors (Lipinski definition) is 2. The molecule has 126 valence electrons. The number of aromatic carboxylic acids is 1. The molecule has 0 saturated carbocycles. The number of carbonyl (C=O) groups is 2. The molecule has 1 atom stereocenters. The number of allylic oxidation sites excluding steroid dienone is 2. The van der Waals surface area contributed by atoms with Gasteiger partial charge in [-0.2, -0.15) is 0 Å². The first-order chi connectivity index (χ1) is 11.6. The van der Waals surface area contributed by atoms with Crippen molar-refractivity contribution in [3.8, 4) is 0 Å². The van der Waals surface area contributed by atoms with Gasteiger partial charge >= 0.3 is 5.97 Å². The Kier molecular flexibility index (Phi) is 4.93. The van der Waals surface area contributed by atoms with E-state index in [0.717, 1.165) is 37.8 Å². The van der Waals surface area contributed by atoms with Gasteiger partial charge in [0, 0.05) is 30.9 Å². The fourth-order valence-electron chi connectivity index (χ4n) is 3.12. The SMILES string of the molecule is O=C(O)c1cccnc1N[C@@H]1CCCN(C(=O)C2=CCCC=C2)C1. The molecule has 2 heterocycles. The van der Waals surface area contributed by atoms with Crippen molar-refractivity contribution < 1.29 is 14.7 Å². The molecular weight excluding hydrogens is 306 g/mol. The maximum absolute atomic E-state index is 12.6. The number of carboxylic acid groups (broad SMARTS) is 1. The molecule has 6 heteroatoms. The van der Waals surface area contributed by atoms with Crippen molar-refractivity contribution >= 4 is 17.7 Å². The van der Waals surface area contributed by atoms with E-state index in [1.807, 2.05) is 23.1 Å². The Morgan fingerprint density at radius 1 is 1.33 bits per heavy atom. The molecule has 1 fully saturated rings. The Morgan fingerprint density at radius 3 is 2.96 bits per heavy atom. The van der Waals surface area contributed by atoms with Crippen LogP contribution in [0.2, 0.25) is 0 Å². The molecule has 2 aliphatic rings. The smallest absolute Gasteiger partial charge is 0.339 e. The van der Waals surface area contributed by atoms with Crippen LogP contribution < -0.4 is 5.32 Å². The number of carboxylic acids is 1. The summed E-state index contributed by atoms with van der Waals surface area (Å²) in [4.78, 5) is 29.9. The lowest BCUT2D eigenvalue weighted by Gasteiger charge is -2.34. The van der Waals surface area contributed by atoms with Gasteiger partial charge < -0.3 is 15.3 Å². The average molecular weight is 327 g/mol. The van der Waals surface area contributed by atoms with E-state index in [1.165, 1.54) is 6.07 Å². The first-order valence-electron chi connectivity index (χ1n) is 8.26. The Balaban J connectivity index is 1.68. The highest BCUT2D eigenvalue weighted by Crippen LogP contribution is 2.20. The molecule has 24 heavy (non-hydrogen) atoms. The minimum Gasteiger partial charge on any atom is -0.478 e. The summed E-state index contributed by atoms with van der Waals surface area (Å²) in [6, 6.07) is 3.14. The molecular formula is C18H21N3O3. The zero-order valence-electron chi connectivity index (χ0n) is 13.4. The molecule has 1 aliphatic heterocycles. The number of aromatic nitrogens is 1. The largest absolute Gasteiger partial charge is 0.478 e. The standard InChI is InChI=1S/C18H21N3O3/c22-17(13-6-2-1-3-7-13)21-11-5-8-14(12-21)20-16-15(18(23)24)9-4-10-19-16/h2,4,6-7,9-10,14H,1,3,5,8,11-12H2,(H,19,20)(H,23,24)/t14-/m1/s1. The van der Waals surface area contributed by atoms with Crippen LogP contribution in [0.5, 0.6) is 0 Å². The lowest BCUT2D eigenvalue weighted by atomic mass is 10.0. The minimum atomic E-state index is -1.01. The first kappa shape index (κ1) is 16.2. The van der Waals surface area contributed by atoms with Gasteiger partial charge in [0.05, 0.1) is 0 Å². The number of piperidine rings is 1. The summed E-state index contributed by atoms with van der Waals surface area (Å²) in [7, 11) is 0. The number of anilines is 1. The van der Waals surface area contributed by atoms with Crippen LogP contribution in [-0.2, 0) is 4.79 Å². The third-order valence-electron chi connectivity index (χ3n) is 4.33. The van der Waals surface area contributed by atoms with Crippen molar-refractivity contribution in [2.24, 2.45) is 0 Å². The van der Waals surface area contributed by atoms with E-state index >= 15 is 0 Å². The van der Waals surface area contributed by atoms with Crippen LogP contribution in [0.15, 0.2) is 42.1 Å². The highest BCUT2D eigenvalue weighted by molar-refractivity contribution is 5.96. The lowest BCUT2D eigenvalue weighted by molar-refractivity contribution is -0.127. The quantitative estimate of drug-likeness (QED) is 0.887. The molecule has 0 aromatic carbocycles. The molecule has 1 saturated heterocycles. The second-order valence-corrected chi connectivity index (χ2v) is 6.08. The van der Waals surface area contributed by atoms with E-state index in [2.05, 4.69) is 10.3 Å². The van der Waals surface area contributed by atoms with Gasteiger partial charge in [0.15, 0.2) is 0 Å². The van der Waals surface area contributed by atoms with E-state index in [4.69, 9.17) is 0 Å². The van der Waals surface area contributed by atoms with Crippen molar-refractivity contribution in [2.75, 3.05) is 18.4 Å². The van der Waals surface area contributed by atoms with Gasteiger partial charge in [-0.3, -0.25) is 4.79 Å². The van der Waals surface area contributed by atoms with Gasteiger partial charge in [0.2, 0.25) is 0 Å². The summed E-state index contributed by atoms with van der Waals surface area (Å²) in [6.07, 6.45) is 11.1. The molecule has 0 unspecified atom stereocenters. The number of carbonyl (C=O) groups excluding carboxylic acids is 1. The van der Waals surface area contributed by atoms with E-state index in [1.54, 1.807) is 12.3 Å². The number of amides is 1. The molecule has 0 radical (unpaired) electrons. The topological polar surface area (TPSA) is 82.5 Å². The van der Waals surface area contributed by atoms with Crippen LogP contribution in [0.3, 0.4) is 0 Å². The van der Waals surface area contributed by atoms with Gasteiger partial charge in [-0.05, 0) is 37.8 Å². The summed E-state index contributed by atoms with van der Waals surface area (Å²) in [5.74, 6) is -0.593. The second-order valence-electron chi connectivity index (χ2n) is 6.08. The highest BCUT2D eigenvalue weighted by Gasteiger charge is 2.26. The summed E-state index contributed by atoms with van der Waals surface area (Å²) < 4.78 is 0. The van der Waals surface area contributed by atoms with Gasteiger partial charge in [-0.15, -0.1) is 0 Å². The van der Waals surface area contributed by atoms with Crippen molar-refractivity contribution in [2.45, 2.75) is 31.7 Å². The average Bonchev–Trinajstić information content (AvgIpc) is 2.62. The Labute approximate surface area is 140 Å². The normalized spacial score (nSPS) is 20.4. The van der Waals surface area contributed by atoms with Crippen LogP contribution in [0.25, 0.3) is 0 Å². The van der Waals surface area contributed by atoms with Gasteiger partial charge in [0.1, 0.15) is 11.4 Å². The Morgan fingerprint density at radius 2 is 2.21 bits per heavy atom. The van der Waals surface area contributed by atoms with Gasteiger partial charge in [-0.25, -0.2) is 9.78 Å². The first-order valence-corrected chi connectivity index (χ1v) is 8.26. The Bertz CT molecular complexity index is 697. The highest BCUT2D eigenvalue weighted by atomic mass is 16.4. The number of nitrogens with one attached hydrogen (secondary N) is 1.